The van der Waals surface area contributed by atoms with Crippen molar-refractivity contribution in [2.75, 3.05) is 6.54 Å². The highest BCUT2D eigenvalue weighted by Crippen LogP contribution is 2.21. The summed E-state index contributed by atoms with van der Waals surface area (Å²) < 4.78 is 0. The predicted molar refractivity (Wildman–Crippen MR) is 106 cm³/mol. The highest BCUT2D eigenvalue weighted by molar-refractivity contribution is 6.30. The first-order chi connectivity index (χ1) is 13.1. The molecule has 1 aromatic carbocycles. The molecule has 1 aliphatic heterocycles. The van der Waals surface area contributed by atoms with Crippen LogP contribution >= 0.6 is 11.6 Å². The van der Waals surface area contributed by atoms with Gasteiger partial charge in [0, 0.05) is 35.9 Å². The number of carbonyl (C=O) groups excluding carboxylic acids is 2. The van der Waals surface area contributed by atoms with Crippen LogP contribution in [0.1, 0.15) is 59.0 Å². The fourth-order valence-electron chi connectivity index (χ4n) is 3.41. The molecule has 6 heteroatoms. The number of amides is 2. The summed E-state index contributed by atoms with van der Waals surface area (Å²) in [5.41, 5.74) is 1.72. The van der Waals surface area contributed by atoms with Crippen molar-refractivity contribution in [3.63, 3.8) is 0 Å². The summed E-state index contributed by atoms with van der Waals surface area (Å²) in [6.07, 6.45) is 5.66. The number of nitrogens with one attached hydrogen (secondary N) is 1. The molecule has 27 heavy (non-hydrogen) atoms. The van der Waals surface area contributed by atoms with Crippen molar-refractivity contribution >= 4 is 23.4 Å². The Hall–Kier alpha value is -2.40. The van der Waals surface area contributed by atoms with E-state index in [1.807, 2.05) is 17.0 Å². The minimum Gasteiger partial charge on any atom is -0.348 e. The van der Waals surface area contributed by atoms with E-state index in [0.29, 0.717) is 22.8 Å². The molecule has 1 aliphatic rings. The van der Waals surface area contributed by atoms with Crippen LogP contribution in [0, 0.1) is 0 Å². The molecular formula is C21H24ClN3O2. The van der Waals surface area contributed by atoms with Crippen molar-refractivity contribution in [2.45, 2.75) is 45.2 Å². The summed E-state index contributed by atoms with van der Waals surface area (Å²) in [4.78, 5) is 31.5. The lowest BCUT2D eigenvalue weighted by Gasteiger charge is -2.35. The first kappa shape index (κ1) is 19.4. The third-order valence-electron chi connectivity index (χ3n) is 4.97. The molecule has 2 aromatic rings. The van der Waals surface area contributed by atoms with Gasteiger partial charge in [-0.15, -0.1) is 0 Å². The van der Waals surface area contributed by atoms with Gasteiger partial charge in [-0.3, -0.25) is 14.6 Å². The van der Waals surface area contributed by atoms with E-state index in [4.69, 9.17) is 11.6 Å². The van der Waals surface area contributed by atoms with Gasteiger partial charge in [0.2, 0.25) is 0 Å². The van der Waals surface area contributed by atoms with Crippen molar-refractivity contribution in [2.24, 2.45) is 0 Å². The Morgan fingerprint density at radius 1 is 1.22 bits per heavy atom. The van der Waals surface area contributed by atoms with Crippen LogP contribution in [-0.4, -0.2) is 34.3 Å². The van der Waals surface area contributed by atoms with Crippen molar-refractivity contribution in [3.05, 3.63) is 64.4 Å². The molecule has 142 valence electrons. The largest absolute Gasteiger partial charge is 0.348 e. The van der Waals surface area contributed by atoms with Crippen LogP contribution in [0.15, 0.2) is 42.6 Å². The van der Waals surface area contributed by atoms with Gasteiger partial charge in [-0.25, -0.2) is 0 Å². The van der Waals surface area contributed by atoms with E-state index in [0.717, 1.165) is 37.8 Å². The van der Waals surface area contributed by atoms with Gasteiger partial charge in [0.1, 0.15) is 5.69 Å². The van der Waals surface area contributed by atoms with Crippen LogP contribution in [0.3, 0.4) is 0 Å². The molecule has 1 unspecified atom stereocenters. The van der Waals surface area contributed by atoms with Gasteiger partial charge in [-0.1, -0.05) is 30.7 Å². The summed E-state index contributed by atoms with van der Waals surface area (Å²) in [5.74, 6) is -0.319. The molecule has 0 saturated carbocycles. The number of hydrogen-bond donors (Lipinski definition) is 1. The van der Waals surface area contributed by atoms with Crippen LogP contribution in [0.5, 0.6) is 0 Å². The summed E-state index contributed by atoms with van der Waals surface area (Å²) in [7, 11) is 0. The number of halogens is 1. The number of carbonyl (C=O) groups is 2. The van der Waals surface area contributed by atoms with Crippen LogP contribution in [-0.2, 0) is 6.54 Å². The Morgan fingerprint density at radius 3 is 2.74 bits per heavy atom. The number of benzene rings is 1. The van der Waals surface area contributed by atoms with Gasteiger partial charge in [-0.05, 0) is 55.5 Å². The topological polar surface area (TPSA) is 62.3 Å². The Balaban J connectivity index is 1.67. The summed E-state index contributed by atoms with van der Waals surface area (Å²) in [6.45, 7) is 3.25. The Morgan fingerprint density at radius 2 is 2.00 bits per heavy atom. The maximum Gasteiger partial charge on any atom is 0.272 e. The first-order valence-corrected chi connectivity index (χ1v) is 9.76. The fourth-order valence-corrected chi connectivity index (χ4v) is 3.54. The molecule has 0 aliphatic carbocycles. The van der Waals surface area contributed by atoms with Gasteiger partial charge in [0.25, 0.3) is 11.8 Å². The van der Waals surface area contributed by atoms with Crippen molar-refractivity contribution in [1.29, 1.82) is 0 Å². The maximum absolute atomic E-state index is 12.9. The molecule has 1 atom stereocenters. The van der Waals surface area contributed by atoms with Crippen molar-refractivity contribution < 1.29 is 9.59 Å². The maximum atomic E-state index is 12.9. The van der Waals surface area contributed by atoms with Crippen LogP contribution in [0.25, 0.3) is 0 Å². The van der Waals surface area contributed by atoms with Crippen LogP contribution in [0.4, 0.5) is 0 Å². The third-order valence-corrected chi connectivity index (χ3v) is 5.22. The monoisotopic (exact) mass is 385 g/mol. The number of pyridine rings is 1. The highest BCUT2D eigenvalue weighted by atomic mass is 35.5. The second kappa shape index (κ2) is 9.00. The lowest BCUT2D eigenvalue weighted by atomic mass is 9.99. The van der Waals surface area contributed by atoms with E-state index in [2.05, 4.69) is 17.2 Å². The van der Waals surface area contributed by atoms with Gasteiger partial charge in [-0.2, -0.15) is 0 Å². The number of likely N-dealkylation sites (tertiary alicyclic amines) is 1. The minimum atomic E-state index is -0.230. The lowest BCUT2D eigenvalue weighted by Crippen LogP contribution is -2.43. The van der Waals surface area contributed by atoms with Crippen LogP contribution in [0.2, 0.25) is 5.02 Å². The predicted octanol–water partition coefficient (Wildman–Crippen LogP) is 4.07. The van der Waals surface area contributed by atoms with Crippen molar-refractivity contribution in [1.82, 2.24) is 15.2 Å². The summed E-state index contributed by atoms with van der Waals surface area (Å²) >= 11 is 5.87. The average Bonchev–Trinajstić information content (AvgIpc) is 2.72. The zero-order valence-electron chi connectivity index (χ0n) is 15.5. The molecular weight excluding hydrogens is 362 g/mol. The minimum absolute atomic E-state index is 0.0890. The van der Waals surface area contributed by atoms with Gasteiger partial charge in [0.15, 0.2) is 0 Å². The Bertz CT molecular complexity index is 807. The normalized spacial score (nSPS) is 16.8. The Kier molecular flexibility index (Phi) is 6.45. The third kappa shape index (κ3) is 4.86. The van der Waals surface area contributed by atoms with E-state index < -0.39 is 0 Å². The number of aromatic nitrogens is 1. The number of nitrogens with zero attached hydrogens (tertiary/aromatic N) is 2. The molecule has 0 spiro atoms. The summed E-state index contributed by atoms with van der Waals surface area (Å²) in [5, 5.41) is 3.52. The van der Waals surface area contributed by atoms with Gasteiger partial charge in [0.05, 0.1) is 0 Å². The molecule has 1 saturated heterocycles. The van der Waals surface area contributed by atoms with E-state index in [1.165, 1.54) is 6.20 Å². The van der Waals surface area contributed by atoms with E-state index in [-0.39, 0.29) is 17.9 Å². The second-order valence-electron chi connectivity index (χ2n) is 6.80. The fraction of sp³-hybridized carbons (Fsp3) is 0.381. The smallest absolute Gasteiger partial charge is 0.272 e. The zero-order valence-corrected chi connectivity index (χ0v) is 16.2. The highest BCUT2D eigenvalue weighted by Gasteiger charge is 2.27. The van der Waals surface area contributed by atoms with Gasteiger partial charge < -0.3 is 10.2 Å². The summed E-state index contributed by atoms with van der Waals surface area (Å²) in [6, 6.07) is 10.8. The molecule has 3 rings (SSSR count). The molecule has 1 fully saturated rings. The quantitative estimate of drug-likeness (QED) is 0.843. The molecule has 0 bridgehead atoms. The number of piperidine rings is 1. The molecule has 5 nitrogen and oxygen atoms in total. The van der Waals surface area contributed by atoms with E-state index in [9.17, 15) is 9.59 Å². The van der Waals surface area contributed by atoms with Crippen molar-refractivity contribution in [3.8, 4) is 0 Å². The van der Waals surface area contributed by atoms with E-state index in [1.54, 1.807) is 24.3 Å². The number of rotatable bonds is 5. The molecule has 2 amide bonds. The Labute approximate surface area is 164 Å². The number of hydrogen-bond acceptors (Lipinski definition) is 3. The lowest BCUT2D eigenvalue weighted by molar-refractivity contribution is 0.0602. The molecule has 1 N–H and O–H groups in total. The SMILES string of the molecule is CCC1CCCCN1C(=O)c1cc(C(=O)NCc2ccc(Cl)cc2)ccn1. The molecule has 0 radical (unpaired) electrons. The second-order valence-corrected chi connectivity index (χ2v) is 7.23. The zero-order chi connectivity index (χ0) is 19.2. The standard InChI is InChI=1S/C21H24ClN3O2/c1-2-18-5-3-4-12-25(18)21(27)19-13-16(10-11-23-19)20(26)24-14-15-6-8-17(22)9-7-15/h6-11,13,18H,2-5,12,14H2,1H3,(H,24,26). The average molecular weight is 386 g/mol. The molecule has 2 heterocycles. The van der Waals surface area contributed by atoms with Crippen LogP contribution < -0.4 is 5.32 Å². The first-order valence-electron chi connectivity index (χ1n) is 9.38. The molecule has 1 aromatic heterocycles. The van der Waals surface area contributed by atoms with E-state index >= 15 is 0 Å². The van der Waals surface area contributed by atoms with Gasteiger partial charge >= 0.3 is 0 Å².